The number of fused-ring (bicyclic) bond motifs is 1. The Labute approximate surface area is 204 Å². The molecule has 1 heterocycles. The number of hydrogen-bond acceptors (Lipinski definition) is 3. The van der Waals surface area contributed by atoms with Crippen LogP contribution in [-0.4, -0.2) is 43.5 Å². The van der Waals surface area contributed by atoms with Gasteiger partial charge in [0.05, 0.1) is 6.42 Å². The van der Waals surface area contributed by atoms with E-state index in [-0.39, 0.29) is 5.91 Å². The summed E-state index contributed by atoms with van der Waals surface area (Å²) in [6, 6.07) is 25.6. The normalized spacial score (nSPS) is 15.5. The van der Waals surface area contributed by atoms with Gasteiger partial charge in [0.1, 0.15) is 0 Å². The van der Waals surface area contributed by atoms with Crippen LogP contribution in [0.2, 0.25) is 0 Å². The lowest BCUT2D eigenvalue weighted by molar-refractivity contribution is -0.131. The van der Waals surface area contributed by atoms with Crippen LogP contribution in [-0.2, 0) is 11.2 Å². The Bertz CT molecular complexity index is 1020. The van der Waals surface area contributed by atoms with E-state index in [1.165, 1.54) is 29.2 Å². The molecule has 0 unspecified atom stereocenters. The van der Waals surface area contributed by atoms with Gasteiger partial charge in [-0.25, -0.2) is 0 Å². The molecule has 1 aliphatic heterocycles. The summed E-state index contributed by atoms with van der Waals surface area (Å²) in [7, 11) is 0. The third-order valence-corrected chi connectivity index (χ3v) is 7.15. The number of carbonyl (C=O) groups is 1. The summed E-state index contributed by atoms with van der Waals surface area (Å²) in [6.07, 6.45) is 5.08. The molecule has 4 rings (SSSR count). The smallest absolute Gasteiger partial charge is 0.227 e. The lowest BCUT2D eigenvalue weighted by Gasteiger charge is -2.32. The first-order valence-corrected chi connectivity index (χ1v) is 12.9. The highest BCUT2D eigenvalue weighted by molar-refractivity contribution is 5.90. The number of carbonyl (C=O) groups excluding carboxylic acids is 1. The second-order valence-electron chi connectivity index (χ2n) is 9.64. The molecular weight excluding hydrogens is 418 g/mol. The van der Waals surface area contributed by atoms with E-state index in [2.05, 4.69) is 95.3 Å². The number of hydrogen-bond donors (Lipinski definition) is 2. The maximum atomic E-state index is 12.9. The SMILES string of the molecule is C[C@H](NCCCCNCC1CCN(C(=O)Cc2cccc3ccccc23)CC1)c1ccccc1. The van der Waals surface area contributed by atoms with Crippen molar-refractivity contribution in [2.45, 2.75) is 45.1 Å². The fourth-order valence-corrected chi connectivity index (χ4v) is 4.97. The summed E-state index contributed by atoms with van der Waals surface area (Å²) in [5.41, 5.74) is 2.49. The van der Waals surface area contributed by atoms with E-state index >= 15 is 0 Å². The molecule has 2 N–H and O–H groups in total. The molecule has 0 saturated carbocycles. The molecule has 0 spiro atoms. The molecule has 4 nitrogen and oxygen atoms in total. The molecular formula is C30H39N3O. The highest BCUT2D eigenvalue weighted by Gasteiger charge is 2.23. The van der Waals surface area contributed by atoms with E-state index in [4.69, 9.17) is 0 Å². The van der Waals surface area contributed by atoms with Crippen LogP contribution in [0.4, 0.5) is 0 Å². The Balaban J connectivity index is 1.08. The van der Waals surface area contributed by atoms with Crippen molar-refractivity contribution in [3.05, 3.63) is 83.9 Å². The van der Waals surface area contributed by atoms with Gasteiger partial charge in [-0.1, -0.05) is 72.8 Å². The summed E-state index contributed by atoms with van der Waals surface area (Å²) >= 11 is 0. The Kier molecular flexibility index (Phi) is 9.12. The topological polar surface area (TPSA) is 44.4 Å². The first kappa shape index (κ1) is 24.4. The number of rotatable bonds is 11. The Hall–Kier alpha value is -2.69. The van der Waals surface area contributed by atoms with Crippen molar-refractivity contribution in [2.75, 3.05) is 32.7 Å². The van der Waals surface area contributed by atoms with E-state index in [1.54, 1.807) is 0 Å². The predicted octanol–water partition coefficient (Wildman–Crippen LogP) is 5.34. The Morgan fingerprint density at radius 1 is 0.912 bits per heavy atom. The predicted molar refractivity (Wildman–Crippen MR) is 142 cm³/mol. The summed E-state index contributed by atoms with van der Waals surface area (Å²) in [6.45, 7) is 7.19. The van der Waals surface area contributed by atoms with Crippen molar-refractivity contribution in [1.82, 2.24) is 15.5 Å². The molecule has 1 saturated heterocycles. The molecule has 1 atom stereocenters. The molecule has 1 amide bonds. The minimum absolute atomic E-state index is 0.264. The van der Waals surface area contributed by atoms with Gasteiger partial charge in [0, 0.05) is 19.1 Å². The van der Waals surface area contributed by atoms with Gasteiger partial charge in [-0.15, -0.1) is 0 Å². The lowest BCUT2D eigenvalue weighted by Crippen LogP contribution is -2.41. The lowest BCUT2D eigenvalue weighted by atomic mass is 9.95. The maximum absolute atomic E-state index is 12.9. The zero-order valence-corrected chi connectivity index (χ0v) is 20.5. The number of nitrogens with zero attached hydrogens (tertiary/aromatic N) is 1. The zero-order chi connectivity index (χ0) is 23.6. The van der Waals surface area contributed by atoms with Crippen molar-refractivity contribution >= 4 is 16.7 Å². The molecule has 3 aromatic carbocycles. The van der Waals surface area contributed by atoms with Crippen molar-refractivity contribution in [2.24, 2.45) is 5.92 Å². The minimum atomic E-state index is 0.264. The number of amides is 1. The van der Waals surface area contributed by atoms with Gasteiger partial charge < -0.3 is 15.5 Å². The van der Waals surface area contributed by atoms with Gasteiger partial charge in [0.2, 0.25) is 5.91 Å². The molecule has 0 aliphatic carbocycles. The van der Waals surface area contributed by atoms with E-state index in [9.17, 15) is 4.79 Å². The van der Waals surface area contributed by atoms with Gasteiger partial charge in [0.25, 0.3) is 0 Å². The summed E-state index contributed by atoms with van der Waals surface area (Å²) in [5.74, 6) is 0.942. The number of benzene rings is 3. The molecule has 1 fully saturated rings. The average molecular weight is 458 g/mol. The summed E-state index contributed by atoms with van der Waals surface area (Å²) in [4.78, 5) is 15.0. The first-order chi connectivity index (χ1) is 16.7. The fourth-order valence-electron chi connectivity index (χ4n) is 4.97. The van der Waals surface area contributed by atoms with Crippen molar-refractivity contribution in [3.8, 4) is 0 Å². The number of nitrogens with one attached hydrogen (secondary N) is 2. The van der Waals surface area contributed by atoms with Crippen LogP contribution in [0.25, 0.3) is 10.8 Å². The van der Waals surface area contributed by atoms with Crippen LogP contribution in [0.3, 0.4) is 0 Å². The quantitative estimate of drug-likeness (QED) is 0.382. The number of unbranched alkanes of at least 4 members (excludes halogenated alkanes) is 1. The van der Waals surface area contributed by atoms with Crippen LogP contribution >= 0.6 is 0 Å². The maximum Gasteiger partial charge on any atom is 0.227 e. The monoisotopic (exact) mass is 457 g/mol. The second kappa shape index (κ2) is 12.7. The molecule has 0 aromatic heterocycles. The molecule has 3 aromatic rings. The number of likely N-dealkylation sites (tertiary alicyclic amines) is 1. The third-order valence-electron chi connectivity index (χ3n) is 7.15. The Morgan fingerprint density at radius 2 is 1.62 bits per heavy atom. The van der Waals surface area contributed by atoms with Crippen molar-refractivity contribution in [3.63, 3.8) is 0 Å². The third kappa shape index (κ3) is 6.91. The Morgan fingerprint density at radius 3 is 2.44 bits per heavy atom. The molecule has 0 radical (unpaired) electrons. The van der Waals surface area contributed by atoms with Gasteiger partial charge in [0.15, 0.2) is 0 Å². The molecule has 4 heteroatoms. The van der Waals surface area contributed by atoms with Crippen molar-refractivity contribution < 1.29 is 4.79 Å². The molecule has 0 bridgehead atoms. The van der Waals surface area contributed by atoms with E-state index in [0.29, 0.717) is 18.4 Å². The largest absolute Gasteiger partial charge is 0.342 e. The van der Waals surface area contributed by atoms with Gasteiger partial charge in [-0.3, -0.25) is 4.79 Å². The van der Waals surface area contributed by atoms with Gasteiger partial charge in [-0.05, 0) is 80.1 Å². The van der Waals surface area contributed by atoms with Crippen LogP contribution in [0.1, 0.15) is 49.8 Å². The van der Waals surface area contributed by atoms with Crippen LogP contribution in [0, 0.1) is 5.92 Å². The molecule has 180 valence electrons. The van der Waals surface area contributed by atoms with Crippen LogP contribution < -0.4 is 10.6 Å². The minimum Gasteiger partial charge on any atom is -0.342 e. The summed E-state index contributed by atoms with van der Waals surface area (Å²) in [5, 5.41) is 9.67. The highest BCUT2D eigenvalue weighted by Crippen LogP contribution is 2.21. The highest BCUT2D eigenvalue weighted by atomic mass is 16.2. The second-order valence-corrected chi connectivity index (χ2v) is 9.64. The summed E-state index contributed by atoms with van der Waals surface area (Å²) < 4.78 is 0. The van der Waals surface area contributed by atoms with E-state index in [0.717, 1.165) is 51.1 Å². The van der Waals surface area contributed by atoms with E-state index in [1.807, 2.05) is 0 Å². The van der Waals surface area contributed by atoms with Crippen molar-refractivity contribution in [1.29, 1.82) is 0 Å². The fraction of sp³-hybridized carbons (Fsp3) is 0.433. The standard InChI is InChI=1S/C30H39N3O/c1-24(26-10-3-2-4-11-26)32-19-8-7-18-31-23-25-16-20-33(21-17-25)30(34)22-28-14-9-13-27-12-5-6-15-29(27)28/h2-6,9-15,24-25,31-32H,7-8,16-23H2,1H3/t24-/m0/s1. The molecule has 34 heavy (non-hydrogen) atoms. The first-order valence-electron chi connectivity index (χ1n) is 12.9. The number of piperidine rings is 1. The average Bonchev–Trinajstić information content (AvgIpc) is 2.89. The van der Waals surface area contributed by atoms with Gasteiger partial charge >= 0.3 is 0 Å². The van der Waals surface area contributed by atoms with E-state index < -0.39 is 0 Å². The van der Waals surface area contributed by atoms with Crippen LogP contribution in [0.15, 0.2) is 72.8 Å². The van der Waals surface area contributed by atoms with Crippen LogP contribution in [0.5, 0.6) is 0 Å². The van der Waals surface area contributed by atoms with Gasteiger partial charge in [-0.2, -0.15) is 0 Å². The molecule has 1 aliphatic rings. The zero-order valence-electron chi connectivity index (χ0n) is 20.5.